The lowest BCUT2D eigenvalue weighted by Gasteiger charge is -2.36. The highest BCUT2D eigenvalue weighted by Crippen LogP contribution is 2.35. The number of hydrogen-bond acceptors (Lipinski definition) is 8. The Bertz CT molecular complexity index is 1580. The number of aryl methyl sites for hydroxylation is 1. The fourth-order valence-electron chi connectivity index (χ4n) is 5.75. The molecule has 6 rings (SSSR count). The van der Waals surface area contributed by atoms with Crippen molar-refractivity contribution in [1.82, 2.24) is 29.7 Å². The number of aromatic nitrogens is 4. The van der Waals surface area contributed by atoms with Crippen LogP contribution in [0, 0.1) is 6.92 Å². The van der Waals surface area contributed by atoms with Crippen LogP contribution in [0.1, 0.15) is 32.0 Å². The molecule has 226 valence electrons. The Balaban J connectivity index is 1.12. The van der Waals surface area contributed by atoms with Gasteiger partial charge in [0.25, 0.3) is 0 Å². The van der Waals surface area contributed by atoms with E-state index in [4.69, 9.17) is 9.72 Å². The first-order valence-corrected chi connectivity index (χ1v) is 15.7. The van der Waals surface area contributed by atoms with E-state index in [1.54, 1.807) is 4.90 Å². The van der Waals surface area contributed by atoms with Crippen LogP contribution in [0.2, 0.25) is 0 Å². The summed E-state index contributed by atoms with van der Waals surface area (Å²) in [5, 5.41) is 0. The Kier molecular flexibility index (Phi) is 8.28. The number of H-pyrrole nitrogens is 1. The number of aromatic amines is 1. The number of carbonyl (C=O) groups is 1. The monoisotopic (exact) mass is 646 g/mol. The van der Waals surface area contributed by atoms with Crippen LogP contribution in [-0.2, 0) is 11.3 Å². The molecule has 0 bridgehead atoms. The van der Waals surface area contributed by atoms with E-state index in [9.17, 15) is 4.79 Å². The van der Waals surface area contributed by atoms with Crippen LogP contribution in [0.4, 0.5) is 16.2 Å². The molecule has 10 nitrogen and oxygen atoms in total. The van der Waals surface area contributed by atoms with E-state index in [1.165, 1.54) is 5.56 Å². The summed E-state index contributed by atoms with van der Waals surface area (Å²) in [7, 11) is 0. The van der Waals surface area contributed by atoms with Gasteiger partial charge < -0.3 is 24.4 Å². The van der Waals surface area contributed by atoms with E-state index in [0.29, 0.717) is 13.1 Å². The van der Waals surface area contributed by atoms with Crippen molar-refractivity contribution in [2.75, 3.05) is 62.2 Å². The number of benzene rings is 1. The Morgan fingerprint density at radius 3 is 2.33 bits per heavy atom. The van der Waals surface area contributed by atoms with E-state index < -0.39 is 5.60 Å². The van der Waals surface area contributed by atoms with Gasteiger partial charge in [0.1, 0.15) is 16.9 Å². The fraction of sp³-hybridized carbons (Fsp3) is 0.438. The molecule has 43 heavy (non-hydrogen) atoms. The van der Waals surface area contributed by atoms with Crippen molar-refractivity contribution in [2.24, 2.45) is 0 Å². The standard InChI is InChI=1S/C32H39BrN8O2/c1-22-19-23(9-10-34-22)21-38-11-13-40(14-12-38)28-26(33)20-35-30-27(28)36-29(37-30)24-5-7-25(8-6-24)39-15-17-41(18-16-39)31(42)43-32(2,3)4/h5-10,19-20H,11-18,21H2,1-4H3,(H,35,36,37). The number of hydrogen-bond donors (Lipinski definition) is 1. The van der Waals surface area contributed by atoms with E-state index in [-0.39, 0.29) is 6.09 Å². The number of pyridine rings is 2. The maximum Gasteiger partial charge on any atom is 0.410 e. The Labute approximate surface area is 261 Å². The summed E-state index contributed by atoms with van der Waals surface area (Å²) >= 11 is 3.76. The van der Waals surface area contributed by atoms with Crippen molar-refractivity contribution in [3.05, 3.63) is 64.5 Å². The van der Waals surface area contributed by atoms with Gasteiger partial charge in [-0.1, -0.05) is 0 Å². The van der Waals surface area contributed by atoms with Gasteiger partial charge in [-0.3, -0.25) is 9.88 Å². The average Bonchev–Trinajstić information content (AvgIpc) is 3.41. The van der Waals surface area contributed by atoms with Crippen LogP contribution in [0.3, 0.4) is 0 Å². The molecule has 0 unspecified atom stereocenters. The van der Waals surface area contributed by atoms with Crippen LogP contribution in [0.25, 0.3) is 22.6 Å². The number of piperazine rings is 2. The van der Waals surface area contributed by atoms with Gasteiger partial charge >= 0.3 is 6.09 Å². The third-order valence-electron chi connectivity index (χ3n) is 7.94. The third kappa shape index (κ3) is 6.78. The van der Waals surface area contributed by atoms with E-state index >= 15 is 0 Å². The van der Waals surface area contributed by atoms with Crippen molar-refractivity contribution >= 4 is 44.6 Å². The molecule has 0 atom stereocenters. The fourth-order valence-corrected chi connectivity index (χ4v) is 6.29. The number of ether oxygens (including phenoxy) is 1. The van der Waals surface area contributed by atoms with Gasteiger partial charge in [-0.2, -0.15) is 0 Å². The quantitative estimate of drug-likeness (QED) is 0.305. The minimum atomic E-state index is -0.484. The zero-order chi connectivity index (χ0) is 30.1. The molecule has 0 radical (unpaired) electrons. The molecule has 0 spiro atoms. The molecule has 4 aromatic rings. The summed E-state index contributed by atoms with van der Waals surface area (Å²) in [5.74, 6) is 0.801. The highest BCUT2D eigenvalue weighted by Gasteiger charge is 2.27. The lowest BCUT2D eigenvalue weighted by Crippen LogP contribution is -2.50. The Morgan fingerprint density at radius 1 is 0.953 bits per heavy atom. The largest absolute Gasteiger partial charge is 0.444 e. The number of nitrogens with zero attached hydrogens (tertiary/aromatic N) is 7. The first-order chi connectivity index (χ1) is 20.6. The summed E-state index contributed by atoms with van der Waals surface area (Å²) in [6.07, 6.45) is 3.52. The predicted molar refractivity (Wildman–Crippen MR) is 174 cm³/mol. The lowest BCUT2D eigenvalue weighted by molar-refractivity contribution is 0.0240. The Hall–Kier alpha value is -3.70. The van der Waals surface area contributed by atoms with Crippen LogP contribution >= 0.6 is 15.9 Å². The van der Waals surface area contributed by atoms with Gasteiger partial charge in [0.15, 0.2) is 5.65 Å². The third-order valence-corrected chi connectivity index (χ3v) is 8.52. The summed E-state index contributed by atoms with van der Waals surface area (Å²) in [5.41, 5.74) is 6.77. The number of halogens is 1. The van der Waals surface area contributed by atoms with Crippen molar-refractivity contribution in [1.29, 1.82) is 0 Å². The summed E-state index contributed by atoms with van der Waals surface area (Å²) in [6.45, 7) is 15.3. The highest BCUT2D eigenvalue weighted by molar-refractivity contribution is 9.10. The smallest absolute Gasteiger partial charge is 0.410 e. The van der Waals surface area contributed by atoms with Gasteiger partial charge in [-0.25, -0.2) is 14.8 Å². The number of nitrogens with one attached hydrogen (secondary N) is 1. The minimum Gasteiger partial charge on any atom is -0.444 e. The second-order valence-electron chi connectivity index (χ2n) is 12.3. The molecule has 11 heteroatoms. The van der Waals surface area contributed by atoms with Gasteiger partial charge in [0, 0.05) is 88.2 Å². The molecule has 1 aromatic carbocycles. The van der Waals surface area contributed by atoms with Crippen LogP contribution in [0.5, 0.6) is 0 Å². The maximum absolute atomic E-state index is 12.4. The molecule has 2 aliphatic heterocycles. The van der Waals surface area contributed by atoms with Gasteiger partial charge in [0.2, 0.25) is 0 Å². The van der Waals surface area contributed by atoms with E-state index in [2.05, 4.69) is 82.0 Å². The number of imidazole rings is 1. The molecule has 5 heterocycles. The van der Waals surface area contributed by atoms with Crippen molar-refractivity contribution in [3.8, 4) is 11.4 Å². The molecule has 2 aliphatic rings. The summed E-state index contributed by atoms with van der Waals surface area (Å²) in [6, 6.07) is 12.7. The molecule has 1 amide bonds. The van der Waals surface area contributed by atoms with Gasteiger partial charge in [-0.05, 0) is 85.6 Å². The van der Waals surface area contributed by atoms with Crippen molar-refractivity contribution < 1.29 is 9.53 Å². The van der Waals surface area contributed by atoms with Crippen LogP contribution in [-0.4, -0.2) is 93.8 Å². The van der Waals surface area contributed by atoms with E-state index in [0.717, 1.165) is 89.9 Å². The normalized spacial score (nSPS) is 16.6. The van der Waals surface area contributed by atoms with Gasteiger partial charge in [0.05, 0.1) is 10.2 Å². The molecule has 0 saturated carbocycles. The number of anilines is 2. The minimum absolute atomic E-state index is 0.242. The van der Waals surface area contributed by atoms with Crippen LogP contribution < -0.4 is 9.80 Å². The zero-order valence-electron chi connectivity index (χ0n) is 25.3. The lowest BCUT2D eigenvalue weighted by atomic mass is 10.1. The molecule has 1 N–H and O–H groups in total. The molecule has 0 aliphatic carbocycles. The SMILES string of the molecule is Cc1cc(CN2CCN(c3c(Br)cnc4[nH]c(-c5ccc(N6CCN(C(=O)OC(C)(C)C)CC6)cc5)nc34)CC2)ccn1. The maximum atomic E-state index is 12.4. The number of carbonyl (C=O) groups excluding carboxylic acids is 1. The average molecular weight is 648 g/mol. The zero-order valence-corrected chi connectivity index (χ0v) is 26.9. The second-order valence-corrected chi connectivity index (χ2v) is 13.2. The Morgan fingerprint density at radius 2 is 1.65 bits per heavy atom. The second kappa shape index (κ2) is 12.1. The van der Waals surface area contributed by atoms with Crippen LogP contribution in [0.15, 0.2) is 53.3 Å². The highest BCUT2D eigenvalue weighted by atomic mass is 79.9. The predicted octanol–water partition coefficient (Wildman–Crippen LogP) is 5.47. The number of fused-ring (bicyclic) bond motifs is 1. The molecule has 3 aromatic heterocycles. The van der Waals surface area contributed by atoms with Crippen molar-refractivity contribution in [2.45, 2.75) is 39.8 Å². The summed E-state index contributed by atoms with van der Waals surface area (Å²) < 4.78 is 6.49. The van der Waals surface area contributed by atoms with Gasteiger partial charge in [-0.15, -0.1) is 0 Å². The molecule has 2 saturated heterocycles. The van der Waals surface area contributed by atoms with E-state index in [1.807, 2.05) is 40.1 Å². The molecule has 2 fully saturated rings. The first kappa shape index (κ1) is 29.4. The molecular formula is C32H39BrN8O2. The first-order valence-electron chi connectivity index (χ1n) is 14.9. The number of amides is 1. The molecular weight excluding hydrogens is 608 g/mol. The summed E-state index contributed by atoms with van der Waals surface area (Å²) in [4.78, 5) is 38.9. The number of rotatable bonds is 5. The van der Waals surface area contributed by atoms with Crippen molar-refractivity contribution in [3.63, 3.8) is 0 Å². The topological polar surface area (TPSA) is 93.7 Å².